The Kier molecular flexibility index (Phi) is 10.5. The Morgan fingerprint density at radius 1 is 1.80 bits per heavy atom. The molecule has 0 saturated carbocycles. The summed E-state index contributed by atoms with van der Waals surface area (Å²) in [7, 11) is 0. The Balaban J connectivity index is 0. The van der Waals surface area contributed by atoms with Gasteiger partial charge in [-0.1, -0.05) is 0 Å². The van der Waals surface area contributed by atoms with Gasteiger partial charge >= 0.3 is 0 Å². The van der Waals surface area contributed by atoms with Crippen LogP contribution < -0.4 is 0 Å². The summed E-state index contributed by atoms with van der Waals surface area (Å²) in [5.74, 6) is 0. The van der Waals surface area contributed by atoms with Crippen molar-refractivity contribution < 1.29 is 55.1 Å². The van der Waals surface area contributed by atoms with Crippen LogP contribution >= 0.6 is 0 Å². The fourth-order valence-electron chi connectivity index (χ4n) is 0. The van der Waals surface area contributed by atoms with E-state index in [0.717, 1.165) is 0 Å². The van der Waals surface area contributed by atoms with Gasteiger partial charge in [0.1, 0.15) is 0 Å². The van der Waals surface area contributed by atoms with Crippen LogP contribution in [-0.2, 0) is 11.4 Å². The Morgan fingerprint density at radius 3 is 1.80 bits per heavy atom. The van der Waals surface area contributed by atoms with Crippen LogP contribution in [0.5, 0.6) is 0 Å². The van der Waals surface area contributed by atoms with Gasteiger partial charge in [0.05, 0.1) is 11.4 Å². The standard InChI is InChI=1S/Ce.H2O3S/c;1-4(2)3/h;(H2,1,2,3)/p-1. The van der Waals surface area contributed by atoms with Crippen LogP contribution in [0.25, 0.3) is 0 Å². The molecule has 0 radical (unpaired) electrons. The second kappa shape index (κ2) is 5.45. The zero-order chi connectivity index (χ0) is 3.58. The molecule has 0 heterocycles. The number of hydrogen-bond acceptors (Lipinski definition) is 2. The molecule has 30 valence electrons. The zero-order valence-corrected chi connectivity index (χ0v) is 6.13. The van der Waals surface area contributed by atoms with Crippen molar-refractivity contribution >= 4 is 11.4 Å². The molecule has 0 spiro atoms. The molecule has 0 bridgehead atoms. The van der Waals surface area contributed by atoms with Crippen molar-refractivity contribution in [2.75, 3.05) is 0 Å². The number of rotatable bonds is 0. The molecule has 1 N–H and O–H groups in total. The molecule has 0 rings (SSSR count). The fraction of sp³-hybridized carbons (Fsp3) is 0. The minimum atomic E-state index is -2.86. The maximum Gasteiger partial charge on any atom is 0.0814 e. The summed E-state index contributed by atoms with van der Waals surface area (Å²) in [6, 6.07) is 0. The Labute approximate surface area is 65.6 Å². The Morgan fingerprint density at radius 2 is 1.80 bits per heavy atom. The molecule has 5 heavy (non-hydrogen) atoms. The summed E-state index contributed by atoms with van der Waals surface area (Å²) in [6.07, 6.45) is 0. The summed E-state index contributed by atoms with van der Waals surface area (Å²) >= 11 is -2.86. The first kappa shape index (κ1) is 9.67. The van der Waals surface area contributed by atoms with Gasteiger partial charge in [-0.25, -0.2) is 4.21 Å². The smallest absolute Gasteiger partial charge is 0.0814 e. The molecule has 0 amide bonds. The number of hydrogen-bond donors (Lipinski definition) is 1. The van der Waals surface area contributed by atoms with E-state index >= 15 is 0 Å². The van der Waals surface area contributed by atoms with Crippen molar-refractivity contribution in [1.82, 2.24) is 0 Å². The van der Waals surface area contributed by atoms with Crippen LogP contribution in [0.3, 0.4) is 0 Å². The zero-order valence-electron chi connectivity index (χ0n) is 2.17. The second-order valence-corrected chi connectivity index (χ2v) is 0.651. The molecule has 3 nitrogen and oxygen atoms in total. The van der Waals surface area contributed by atoms with E-state index in [9.17, 15) is 0 Å². The monoisotopic (exact) mass is 221 g/mol. The third kappa shape index (κ3) is 30.9. The molecule has 0 fully saturated rings. The molecule has 0 aliphatic heterocycles. The summed E-state index contributed by atoms with van der Waals surface area (Å²) in [4.78, 5) is 0. The van der Waals surface area contributed by atoms with E-state index in [1.54, 1.807) is 0 Å². The molecule has 0 aliphatic rings. The molecule has 0 saturated heterocycles. The Bertz CT molecular complexity index is 29.9. The van der Waals surface area contributed by atoms with Gasteiger partial charge in [0.2, 0.25) is 0 Å². The molecule has 0 aromatic rings. The molecule has 0 aromatic heterocycles. The predicted molar refractivity (Wildman–Crippen MR) is 11.5 cm³/mol. The summed E-state index contributed by atoms with van der Waals surface area (Å²) < 4.78 is 24.1. The van der Waals surface area contributed by atoms with Crippen LogP contribution in [-0.4, -0.2) is 13.3 Å². The summed E-state index contributed by atoms with van der Waals surface area (Å²) in [6.45, 7) is 0. The average Bonchev–Trinajstić information content (AvgIpc) is 0.811. The normalized spacial score (nSPS) is 12.4. The Hall–Kier alpha value is 1.45. The molecule has 5 heteroatoms. The molecule has 1 atom stereocenters. The first-order valence-corrected chi connectivity index (χ1v) is 1.55. The van der Waals surface area contributed by atoms with Crippen molar-refractivity contribution in [3.63, 3.8) is 0 Å². The largest absolute Gasteiger partial charge is 0.750 e. The van der Waals surface area contributed by atoms with Crippen LogP contribution in [0.1, 0.15) is 0 Å². The SMILES string of the molecule is O=S([O-])O.[Ce]. The summed E-state index contributed by atoms with van der Waals surface area (Å²) in [5.41, 5.74) is 0. The maximum absolute atomic E-state index is 8.56. The molecular weight excluding hydrogens is 220 g/mol. The van der Waals surface area contributed by atoms with Crippen molar-refractivity contribution in [3.05, 3.63) is 0 Å². The van der Waals surface area contributed by atoms with Crippen LogP contribution in [0.2, 0.25) is 0 Å². The molecule has 0 aromatic carbocycles. The first-order valence-electron chi connectivity index (χ1n) is 0.516. The molecule has 0 aliphatic carbocycles. The minimum Gasteiger partial charge on any atom is -0.750 e. The maximum atomic E-state index is 8.56. The van der Waals surface area contributed by atoms with E-state index in [4.69, 9.17) is 13.3 Å². The first-order chi connectivity index (χ1) is 1.73. The van der Waals surface area contributed by atoms with E-state index in [-0.39, 0.29) is 41.7 Å². The van der Waals surface area contributed by atoms with E-state index in [1.807, 2.05) is 0 Å². The van der Waals surface area contributed by atoms with Gasteiger partial charge < -0.3 is 9.11 Å². The van der Waals surface area contributed by atoms with Crippen molar-refractivity contribution in [2.45, 2.75) is 0 Å². The van der Waals surface area contributed by atoms with Crippen LogP contribution in [0, 0.1) is 41.7 Å². The van der Waals surface area contributed by atoms with Crippen molar-refractivity contribution in [1.29, 1.82) is 0 Å². The quantitative estimate of drug-likeness (QED) is 0.552. The summed E-state index contributed by atoms with van der Waals surface area (Å²) in [5, 5.41) is 0. The average molecular weight is 221 g/mol. The van der Waals surface area contributed by atoms with E-state index in [2.05, 4.69) is 0 Å². The topological polar surface area (TPSA) is 60.4 Å². The van der Waals surface area contributed by atoms with E-state index in [0.29, 0.717) is 0 Å². The second-order valence-electron chi connectivity index (χ2n) is 0.217. The van der Waals surface area contributed by atoms with Crippen molar-refractivity contribution in [2.24, 2.45) is 0 Å². The van der Waals surface area contributed by atoms with Gasteiger partial charge in [-0.05, 0) is 0 Å². The predicted octanol–water partition coefficient (Wildman–Crippen LogP) is -0.661. The van der Waals surface area contributed by atoms with Gasteiger partial charge in [0, 0.05) is 41.7 Å². The van der Waals surface area contributed by atoms with Gasteiger partial charge in [0.15, 0.2) is 0 Å². The van der Waals surface area contributed by atoms with Gasteiger partial charge in [-0.2, -0.15) is 0 Å². The third-order valence-corrected chi connectivity index (χ3v) is 0. The van der Waals surface area contributed by atoms with E-state index < -0.39 is 11.4 Å². The molecular formula is HCeO3S-. The van der Waals surface area contributed by atoms with Crippen LogP contribution in [0.4, 0.5) is 0 Å². The van der Waals surface area contributed by atoms with Crippen LogP contribution in [0.15, 0.2) is 0 Å². The van der Waals surface area contributed by atoms with E-state index in [1.165, 1.54) is 0 Å². The van der Waals surface area contributed by atoms with Gasteiger partial charge in [-0.3, -0.25) is 0 Å². The van der Waals surface area contributed by atoms with Gasteiger partial charge in [0.25, 0.3) is 0 Å². The van der Waals surface area contributed by atoms with Gasteiger partial charge in [-0.15, -0.1) is 0 Å². The minimum absolute atomic E-state index is 0. The van der Waals surface area contributed by atoms with Crippen molar-refractivity contribution in [3.8, 4) is 0 Å². The fourth-order valence-corrected chi connectivity index (χ4v) is 0. The molecule has 1 unspecified atom stereocenters. The third-order valence-electron chi connectivity index (χ3n) is 0.